The Morgan fingerprint density at radius 2 is 0.607 bits per heavy atom. The second kappa shape index (κ2) is 45.4. The largest absolute Gasteiger partial charge is 0.394 e. The van der Waals surface area contributed by atoms with E-state index in [1.807, 2.05) is 0 Å². The normalized spacial score (nSPS) is 13.9. The highest BCUT2D eigenvalue weighted by Crippen LogP contribution is 2.18. The smallest absolute Gasteiger partial charge is 0.249 e. The first-order chi connectivity index (χ1) is 27.5. The summed E-state index contributed by atoms with van der Waals surface area (Å²) in [6, 6.07) is -0.979. The molecule has 336 valence electrons. The van der Waals surface area contributed by atoms with Crippen molar-refractivity contribution in [3.05, 3.63) is 0 Å². The van der Waals surface area contributed by atoms with Crippen LogP contribution in [0.5, 0.6) is 0 Å². The molecule has 0 aromatic heterocycles. The van der Waals surface area contributed by atoms with Crippen LogP contribution in [-0.4, -0.2) is 57.3 Å². The van der Waals surface area contributed by atoms with Gasteiger partial charge >= 0.3 is 0 Å². The number of aliphatic hydroxyl groups is 4. The lowest BCUT2D eigenvalue weighted by molar-refractivity contribution is -0.132. The van der Waals surface area contributed by atoms with E-state index < -0.39 is 36.9 Å². The summed E-state index contributed by atoms with van der Waals surface area (Å²) >= 11 is 0. The molecule has 0 radical (unpaired) electrons. The Balaban J connectivity index is 3.54. The molecule has 0 spiro atoms. The Hall–Kier alpha value is -0.690. The molecule has 0 aliphatic rings. The van der Waals surface area contributed by atoms with E-state index in [9.17, 15) is 25.2 Å². The van der Waals surface area contributed by atoms with Crippen LogP contribution in [-0.2, 0) is 4.79 Å². The molecule has 0 aromatic carbocycles. The third-order valence-electron chi connectivity index (χ3n) is 12.3. The van der Waals surface area contributed by atoms with E-state index in [2.05, 4.69) is 19.2 Å². The molecule has 6 heteroatoms. The SMILES string of the molecule is CCCCCCCCCCCCCCCCCCCCCCCCCCCCCCCC(O)C(O)C(CO)NC(=O)C(O)CCCCCCCCCCCCC. The van der Waals surface area contributed by atoms with Gasteiger partial charge in [0, 0.05) is 0 Å². The summed E-state index contributed by atoms with van der Waals surface area (Å²) in [5, 5.41) is 43.7. The first kappa shape index (κ1) is 55.3. The zero-order chi connectivity index (χ0) is 41.0. The monoisotopic (exact) mass is 796 g/mol. The molecule has 0 saturated carbocycles. The molecule has 0 heterocycles. The number of aliphatic hydroxyl groups excluding tert-OH is 4. The lowest BCUT2D eigenvalue weighted by Crippen LogP contribution is -2.53. The summed E-state index contributed by atoms with van der Waals surface area (Å²) in [4.78, 5) is 12.5. The van der Waals surface area contributed by atoms with Crippen molar-refractivity contribution in [3.8, 4) is 0 Å². The highest BCUT2D eigenvalue weighted by Gasteiger charge is 2.28. The number of amides is 1. The minimum absolute atomic E-state index is 0.374. The Morgan fingerprint density at radius 3 is 0.857 bits per heavy atom. The standard InChI is InChI=1S/C50H101NO5/c1-3-5-7-9-11-13-15-16-17-18-19-20-21-22-23-24-25-26-27-28-29-30-31-32-34-35-37-39-41-43-47(53)49(55)46(45-52)51-50(56)48(54)44-42-40-38-36-33-14-12-10-8-6-4-2/h46-49,52-55H,3-45H2,1-2H3,(H,51,56). The maximum Gasteiger partial charge on any atom is 0.249 e. The predicted molar refractivity (Wildman–Crippen MR) is 242 cm³/mol. The van der Waals surface area contributed by atoms with Crippen LogP contribution in [0.1, 0.15) is 284 Å². The fourth-order valence-electron chi connectivity index (χ4n) is 8.29. The first-order valence-electron chi connectivity index (χ1n) is 25.4. The summed E-state index contributed by atoms with van der Waals surface area (Å²) in [5.41, 5.74) is 0. The number of carbonyl (C=O) groups excluding carboxylic acids is 1. The van der Waals surface area contributed by atoms with Crippen molar-refractivity contribution in [2.75, 3.05) is 6.61 Å². The molecule has 1 amide bonds. The van der Waals surface area contributed by atoms with Gasteiger partial charge < -0.3 is 25.7 Å². The maximum absolute atomic E-state index is 12.5. The fourth-order valence-corrected chi connectivity index (χ4v) is 8.29. The molecule has 4 atom stereocenters. The summed E-state index contributed by atoms with van der Waals surface area (Å²) in [6.45, 7) is 4.06. The minimum atomic E-state index is -1.25. The highest BCUT2D eigenvalue weighted by molar-refractivity contribution is 5.80. The minimum Gasteiger partial charge on any atom is -0.394 e. The fraction of sp³-hybridized carbons (Fsp3) is 0.980. The number of unbranched alkanes of at least 4 members (excludes halogenated alkanes) is 38. The average Bonchev–Trinajstić information content (AvgIpc) is 3.20. The molecule has 5 N–H and O–H groups in total. The van der Waals surface area contributed by atoms with E-state index in [0.717, 1.165) is 38.5 Å². The van der Waals surface area contributed by atoms with Crippen molar-refractivity contribution in [1.82, 2.24) is 5.32 Å². The summed E-state index contributed by atoms with van der Waals surface area (Å²) in [6.07, 6.45) is 50.3. The summed E-state index contributed by atoms with van der Waals surface area (Å²) in [7, 11) is 0. The van der Waals surface area contributed by atoms with Crippen molar-refractivity contribution < 1.29 is 25.2 Å². The molecular weight excluding hydrogens is 695 g/mol. The molecule has 0 aliphatic heterocycles. The molecule has 6 nitrogen and oxygen atoms in total. The molecule has 0 aromatic rings. The average molecular weight is 796 g/mol. The molecule has 0 saturated heterocycles. The Bertz CT molecular complexity index is 766. The van der Waals surface area contributed by atoms with E-state index in [0.29, 0.717) is 12.8 Å². The van der Waals surface area contributed by atoms with Gasteiger partial charge in [-0.3, -0.25) is 4.79 Å². The zero-order valence-corrected chi connectivity index (χ0v) is 37.9. The number of hydrogen-bond donors (Lipinski definition) is 5. The van der Waals surface area contributed by atoms with Crippen LogP contribution in [0.3, 0.4) is 0 Å². The van der Waals surface area contributed by atoms with E-state index in [1.54, 1.807) is 0 Å². The van der Waals surface area contributed by atoms with Crippen molar-refractivity contribution in [1.29, 1.82) is 0 Å². The van der Waals surface area contributed by atoms with Gasteiger partial charge in [-0.15, -0.1) is 0 Å². The van der Waals surface area contributed by atoms with Crippen molar-refractivity contribution in [3.63, 3.8) is 0 Å². The van der Waals surface area contributed by atoms with Crippen LogP contribution in [0.15, 0.2) is 0 Å². The second-order valence-corrected chi connectivity index (χ2v) is 17.9. The van der Waals surface area contributed by atoms with Gasteiger partial charge in [0.2, 0.25) is 5.91 Å². The molecule has 0 fully saturated rings. The van der Waals surface area contributed by atoms with Crippen molar-refractivity contribution in [2.24, 2.45) is 0 Å². The predicted octanol–water partition coefficient (Wildman–Crippen LogP) is 14.0. The van der Waals surface area contributed by atoms with Crippen LogP contribution >= 0.6 is 0 Å². The summed E-state index contributed by atoms with van der Waals surface area (Å²) in [5.74, 6) is -0.580. The lowest BCUT2D eigenvalue weighted by Gasteiger charge is -2.27. The van der Waals surface area contributed by atoms with Crippen molar-refractivity contribution >= 4 is 5.91 Å². The van der Waals surface area contributed by atoms with Crippen LogP contribution in [0, 0.1) is 0 Å². The number of carbonyl (C=O) groups is 1. The second-order valence-electron chi connectivity index (χ2n) is 17.9. The molecular formula is C50H101NO5. The van der Waals surface area contributed by atoms with Crippen LogP contribution < -0.4 is 5.32 Å². The van der Waals surface area contributed by atoms with Gasteiger partial charge in [-0.25, -0.2) is 0 Å². The van der Waals surface area contributed by atoms with Gasteiger partial charge in [-0.1, -0.05) is 271 Å². The lowest BCUT2D eigenvalue weighted by atomic mass is 9.99. The van der Waals surface area contributed by atoms with E-state index >= 15 is 0 Å². The number of rotatable bonds is 47. The van der Waals surface area contributed by atoms with Crippen LogP contribution in [0.25, 0.3) is 0 Å². The van der Waals surface area contributed by atoms with Crippen molar-refractivity contribution in [2.45, 2.75) is 308 Å². The molecule has 4 unspecified atom stereocenters. The topological polar surface area (TPSA) is 110 Å². The van der Waals surface area contributed by atoms with Gasteiger partial charge in [0.1, 0.15) is 12.2 Å². The Kier molecular flexibility index (Phi) is 44.8. The van der Waals surface area contributed by atoms with Crippen LogP contribution in [0.2, 0.25) is 0 Å². The number of nitrogens with one attached hydrogen (secondary N) is 1. The Labute approximate surface area is 350 Å². The van der Waals surface area contributed by atoms with Crippen LogP contribution in [0.4, 0.5) is 0 Å². The highest BCUT2D eigenvalue weighted by atomic mass is 16.3. The Morgan fingerprint density at radius 1 is 0.375 bits per heavy atom. The van der Waals surface area contributed by atoms with E-state index in [-0.39, 0.29) is 0 Å². The van der Waals surface area contributed by atoms with Gasteiger partial charge in [0.25, 0.3) is 0 Å². The quantitative estimate of drug-likeness (QED) is 0.0394. The van der Waals surface area contributed by atoms with Gasteiger partial charge in [0.15, 0.2) is 0 Å². The third kappa shape index (κ3) is 38.8. The molecule has 56 heavy (non-hydrogen) atoms. The van der Waals surface area contributed by atoms with Gasteiger partial charge in [-0.05, 0) is 12.8 Å². The first-order valence-corrected chi connectivity index (χ1v) is 25.4. The van der Waals surface area contributed by atoms with E-state index in [1.165, 1.54) is 218 Å². The molecule has 0 bridgehead atoms. The molecule has 0 rings (SSSR count). The summed E-state index contributed by atoms with van der Waals surface area (Å²) < 4.78 is 0. The molecule has 0 aliphatic carbocycles. The maximum atomic E-state index is 12.5. The van der Waals surface area contributed by atoms with Gasteiger partial charge in [-0.2, -0.15) is 0 Å². The van der Waals surface area contributed by atoms with Gasteiger partial charge in [0.05, 0.1) is 18.8 Å². The number of hydrogen-bond acceptors (Lipinski definition) is 5. The zero-order valence-electron chi connectivity index (χ0n) is 37.9. The van der Waals surface area contributed by atoms with E-state index in [4.69, 9.17) is 0 Å². The third-order valence-corrected chi connectivity index (χ3v) is 12.3.